The Bertz CT molecular complexity index is 1140. The Kier molecular flexibility index (Phi) is 5.88. The molecule has 2 aliphatic heterocycles. The summed E-state index contributed by atoms with van der Waals surface area (Å²) in [5, 5.41) is 12.6. The largest absolute Gasteiger partial charge is 0.486 e. The summed E-state index contributed by atoms with van der Waals surface area (Å²) in [6, 6.07) is 7.78. The molecule has 0 bridgehead atoms. The predicted molar refractivity (Wildman–Crippen MR) is 118 cm³/mol. The first-order valence-electron chi connectivity index (χ1n) is 10.7. The zero-order valence-corrected chi connectivity index (χ0v) is 18.9. The maximum absolute atomic E-state index is 13.1. The number of carbonyl (C=O) groups is 1. The summed E-state index contributed by atoms with van der Waals surface area (Å²) in [7, 11) is 0. The van der Waals surface area contributed by atoms with E-state index in [0.717, 1.165) is 48.0 Å². The molecular formula is C22H25N5O4S. The molecule has 0 spiro atoms. The van der Waals surface area contributed by atoms with Crippen molar-refractivity contribution in [3.8, 4) is 17.2 Å². The van der Waals surface area contributed by atoms with Crippen molar-refractivity contribution >= 4 is 17.5 Å². The van der Waals surface area contributed by atoms with Crippen LogP contribution in [0.15, 0.2) is 29.4 Å². The lowest BCUT2D eigenvalue weighted by Crippen LogP contribution is -2.17. The van der Waals surface area contributed by atoms with Gasteiger partial charge in [-0.3, -0.25) is 4.79 Å². The predicted octanol–water partition coefficient (Wildman–Crippen LogP) is 3.01. The van der Waals surface area contributed by atoms with E-state index in [9.17, 15) is 4.79 Å². The van der Waals surface area contributed by atoms with Crippen molar-refractivity contribution in [2.24, 2.45) is 0 Å². The number of benzene rings is 1. The van der Waals surface area contributed by atoms with Crippen molar-refractivity contribution in [1.82, 2.24) is 24.8 Å². The SMILES string of the molecule is Cc1cc(C(=O)CSc2nnnn2C[C@@H]2CCCO2)c(C)n1-c1ccc2c(c1)OCCO2. The van der Waals surface area contributed by atoms with E-state index in [1.165, 1.54) is 11.8 Å². The van der Waals surface area contributed by atoms with Gasteiger partial charge in [0.15, 0.2) is 17.3 Å². The second kappa shape index (κ2) is 8.95. The number of Topliss-reactive ketones (excluding diaryl/α,β-unsaturated/α-hetero) is 1. The first-order chi connectivity index (χ1) is 15.6. The van der Waals surface area contributed by atoms with E-state index in [1.807, 2.05) is 38.1 Å². The van der Waals surface area contributed by atoms with Gasteiger partial charge in [0.1, 0.15) is 13.2 Å². The zero-order valence-electron chi connectivity index (χ0n) is 18.1. The zero-order chi connectivity index (χ0) is 22.1. The van der Waals surface area contributed by atoms with Crippen LogP contribution >= 0.6 is 11.8 Å². The van der Waals surface area contributed by atoms with Gasteiger partial charge in [-0.25, -0.2) is 4.68 Å². The molecule has 0 radical (unpaired) electrons. The third kappa shape index (κ3) is 4.12. The summed E-state index contributed by atoms with van der Waals surface area (Å²) in [5.74, 6) is 1.77. The van der Waals surface area contributed by atoms with Crippen LogP contribution in [-0.2, 0) is 11.3 Å². The number of tetrazole rings is 1. The highest BCUT2D eigenvalue weighted by atomic mass is 32.2. The number of aryl methyl sites for hydroxylation is 1. The Morgan fingerprint density at radius 2 is 2.00 bits per heavy atom. The number of fused-ring (bicyclic) bond motifs is 1. The second-order valence-corrected chi connectivity index (χ2v) is 8.88. The van der Waals surface area contributed by atoms with Crippen molar-refractivity contribution in [2.45, 2.75) is 44.5 Å². The Labute approximate surface area is 190 Å². The summed E-state index contributed by atoms with van der Waals surface area (Å²) in [6.45, 7) is 6.45. The molecule has 0 aliphatic carbocycles. The number of hydrogen-bond donors (Lipinski definition) is 0. The lowest BCUT2D eigenvalue weighted by Gasteiger charge is -2.20. The van der Waals surface area contributed by atoms with E-state index >= 15 is 0 Å². The van der Waals surface area contributed by atoms with E-state index < -0.39 is 0 Å². The van der Waals surface area contributed by atoms with Crippen molar-refractivity contribution < 1.29 is 19.0 Å². The molecule has 168 valence electrons. The molecule has 2 aliphatic rings. The number of thioether (sulfide) groups is 1. The standard InChI is InChI=1S/C22H25N5O4S/c1-14-10-18(15(2)27(14)16-5-6-20-21(11-16)31-9-8-30-20)19(28)13-32-22-23-24-25-26(22)12-17-4-3-7-29-17/h5-6,10-11,17H,3-4,7-9,12-13H2,1-2H3/t17-/m0/s1. The number of aromatic nitrogens is 5. The van der Waals surface area contributed by atoms with Gasteiger partial charge in [-0.2, -0.15) is 0 Å². The van der Waals surface area contributed by atoms with Crippen LogP contribution in [0, 0.1) is 13.8 Å². The quantitative estimate of drug-likeness (QED) is 0.397. The van der Waals surface area contributed by atoms with Gasteiger partial charge in [0.25, 0.3) is 0 Å². The Morgan fingerprint density at radius 1 is 1.16 bits per heavy atom. The number of ether oxygens (including phenoxy) is 3. The third-order valence-electron chi connectivity index (χ3n) is 5.75. The average molecular weight is 456 g/mol. The van der Waals surface area contributed by atoms with Crippen molar-refractivity contribution in [2.75, 3.05) is 25.6 Å². The summed E-state index contributed by atoms with van der Waals surface area (Å²) in [5.41, 5.74) is 3.51. The summed E-state index contributed by atoms with van der Waals surface area (Å²) < 4.78 is 20.8. The van der Waals surface area contributed by atoms with E-state index in [0.29, 0.717) is 30.5 Å². The lowest BCUT2D eigenvalue weighted by atomic mass is 10.2. The minimum atomic E-state index is 0.0403. The molecule has 4 heterocycles. The smallest absolute Gasteiger partial charge is 0.209 e. The lowest BCUT2D eigenvalue weighted by molar-refractivity contribution is 0.0912. The van der Waals surface area contributed by atoms with Crippen LogP contribution in [0.3, 0.4) is 0 Å². The van der Waals surface area contributed by atoms with Gasteiger partial charge < -0.3 is 18.8 Å². The molecule has 1 saturated heterocycles. The monoisotopic (exact) mass is 455 g/mol. The van der Waals surface area contributed by atoms with Crippen LogP contribution in [-0.4, -0.2) is 62.2 Å². The van der Waals surface area contributed by atoms with E-state index in [2.05, 4.69) is 20.1 Å². The summed E-state index contributed by atoms with van der Waals surface area (Å²) >= 11 is 1.35. The van der Waals surface area contributed by atoms with Crippen LogP contribution in [0.1, 0.15) is 34.6 Å². The van der Waals surface area contributed by atoms with Gasteiger partial charge in [-0.1, -0.05) is 11.8 Å². The van der Waals surface area contributed by atoms with Crippen LogP contribution in [0.2, 0.25) is 0 Å². The highest BCUT2D eigenvalue weighted by Gasteiger charge is 2.22. The number of carbonyl (C=O) groups excluding carboxylic acids is 1. The Morgan fingerprint density at radius 3 is 2.81 bits per heavy atom. The first-order valence-corrected chi connectivity index (χ1v) is 11.7. The van der Waals surface area contributed by atoms with Gasteiger partial charge in [-0.05, 0) is 55.3 Å². The molecule has 1 aromatic carbocycles. The maximum Gasteiger partial charge on any atom is 0.209 e. The topological polar surface area (TPSA) is 93.3 Å². The van der Waals surface area contributed by atoms with E-state index in [4.69, 9.17) is 14.2 Å². The number of ketones is 1. The summed E-state index contributed by atoms with van der Waals surface area (Å²) in [4.78, 5) is 13.1. The fraction of sp³-hybridized carbons (Fsp3) is 0.455. The number of rotatable bonds is 7. The van der Waals surface area contributed by atoms with Gasteiger partial charge in [-0.15, -0.1) is 5.10 Å². The fourth-order valence-corrected chi connectivity index (χ4v) is 4.99. The van der Waals surface area contributed by atoms with E-state index in [-0.39, 0.29) is 17.6 Å². The minimum Gasteiger partial charge on any atom is -0.486 e. The Balaban J connectivity index is 1.31. The van der Waals surface area contributed by atoms with Crippen LogP contribution in [0.4, 0.5) is 0 Å². The van der Waals surface area contributed by atoms with Crippen molar-refractivity contribution in [3.63, 3.8) is 0 Å². The van der Waals surface area contributed by atoms with Crippen LogP contribution in [0.25, 0.3) is 5.69 Å². The van der Waals surface area contributed by atoms with Crippen LogP contribution < -0.4 is 9.47 Å². The molecule has 0 unspecified atom stereocenters. The Hall–Kier alpha value is -2.85. The first kappa shape index (κ1) is 21.0. The molecule has 2 aromatic heterocycles. The molecule has 0 amide bonds. The van der Waals surface area contributed by atoms with Gasteiger partial charge in [0.05, 0.1) is 18.4 Å². The molecule has 0 N–H and O–H groups in total. The van der Waals surface area contributed by atoms with Gasteiger partial charge >= 0.3 is 0 Å². The van der Waals surface area contributed by atoms with Crippen LogP contribution in [0.5, 0.6) is 11.5 Å². The molecule has 3 aromatic rings. The fourth-order valence-electron chi connectivity index (χ4n) is 4.22. The normalized spacial score (nSPS) is 17.6. The second-order valence-electron chi connectivity index (χ2n) is 7.94. The minimum absolute atomic E-state index is 0.0403. The maximum atomic E-state index is 13.1. The number of nitrogens with zero attached hydrogens (tertiary/aromatic N) is 5. The molecule has 32 heavy (non-hydrogen) atoms. The molecular weight excluding hydrogens is 430 g/mol. The van der Waals surface area contributed by atoms with Gasteiger partial charge in [0, 0.05) is 35.3 Å². The molecule has 10 heteroatoms. The van der Waals surface area contributed by atoms with Gasteiger partial charge in [0.2, 0.25) is 5.16 Å². The van der Waals surface area contributed by atoms with E-state index in [1.54, 1.807) is 4.68 Å². The number of hydrogen-bond acceptors (Lipinski definition) is 8. The highest BCUT2D eigenvalue weighted by molar-refractivity contribution is 7.99. The molecule has 9 nitrogen and oxygen atoms in total. The molecule has 0 saturated carbocycles. The molecule has 1 fully saturated rings. The highest BCUT2D eigenvalue weighted by Crippen LogP contribution is 2.33. The van der Waals surface area contributed by atoms with Crippen molar-refractivity contribution in [1.29, 1.82) is 0 Å². The molecule has 5 rings (SSSR count). The molecule has 1 atom stereocenters. The average Bonchev–Trinajstić information content (AvgIpc) is 3.53. The summed E-state index contributed by atoms with van der Waals surface area (Å²) in [6.07, 6.45) is 2.21. The van der Waals surface area contributed by atoms with Crippen molar-refractivity contribution in [3.05, 3.63) is 41.2 Å². The third-order valence-corrected chi connectivity index (χ3v) is 6.70.